The average molecular weight is 420 g/mol. The van der Waals surface area contributed by atoms with Gasteiger partial charge in [-0.15, -0.1) is 0 Å². The van der Waals surface area contributed by atoms with Crippen LogP contribution in [0, 0.1) is 3.57 Å². The minimum absolute atomic E-state index is 0.213. The fourth-order valence-corrected chi connectivity index (χ4v) is 3.13. The smallest absolute Gasteiger partial charge is 0.340 e. The normalized spacial score (nSPS) is 10.7. The molecular weight excluding hydrogens is 411 g/mol. The number of hydrogen-bond acceptors (Lipinski definition) is 3. The Bertz CT molecular complexity index is 429. The van der Waals surface area contributed by atoms with E-state index >= 15 is 0 Å². The van der Waals surface area contributed by atoms with Gasteiger partial charge in [0, 0.05) is 20.7 Å². The molecule has 0 N–H and O–H groups in total. The highest BCUT2D eigenvalue weighted by Gasteiger charge is 2.22. The fraction of sp³-hybridized carbons (Fsp3) is 0.400. The van der Waals surface area contributed by atoms with Gasteiger partial charge in [-0.25, -0.2) is 13.6 Å². The Balaban J connectivity index is 3.24. The second-order valence-electron chi connectivity index (χ2n) is 3.00. The van der Waals surface area contributed by atoms with Crippen molar-refractivity contribution in [2.75, 3.05) is 6.61 Å². The minimum atomic E-state index is -2.66. The number of esters is 1. The van der Waals surface area contributed by atoms with Gasteiger partial charge < -0.3 is 4.74 Å². The van der Waals surface area contributed by atoms with Gasteiger partial charge in [-0.05, 0) is 29.5 Å². The van der Waals surface area contributed by atoms with Crippen molar-refractivity contribution in [1.29, 1.82) is 0 Å². The Hall–Kier alpha value is -0.310. The highest BCUT2D eigenvalue weighted by Crippen LogP contribution is 2.28. The minimum Gasteiger partial charge on any atom is -0.462 e. The Kier molecular flexibility index (Phi) is 5.71. The molecule has 0 aliphatic rings. The van der Waals surface area contributed by atoms with Crippen LogP contribution in [0.15, 0.2) is 6.20 Å². The van der Waals surface area contributed by atoms with Crippen LogP contribution in [0.3, 0.4) is 0 Å². The first-order chi connectivity index (χ1) is 8.02. The van der Waals surface area contributed by atoms with Crippen molar-refractivity contribution >= 4 is 44.5 Å². The third-order valence-electron chi connectivity index (χ3n) is 1.98. The monoisotopic (exact) mass is 419 g/mol. The van der Waals surface area contributed by atoms with Gasteiger partial charge in [-0.1, -0.05) is 15.9 Å². The molecule has 94 valence electrons. The summed E-state index contributed by atoms with van der Waals surface area (Å²) in [6.07, 6.45) is -1.53. The number of alkyl halides is 3. The van der Waals surface area contributed by atoms with Crippen LogP contribution in [0.1, 0.15) is 35.0 Å². The molecule has 0 unspecified atom stereocenters. The molecule has 0 bridgehead atoms. The van der Waals surface area contributed by atoms with Gasteiger partial charge in [0.05, 0.1) is 12.2 Å². The molecule has 0 spiro atoms. The number of hydrogen-bond donors (Lipinski definition) is 0. The van der Waals surface area contributed by atoms with E-state index in [0.717, 1.165) is 6.20 Å². The lowest BCUT2D eigenvalue weighted by Gasteiger charge is -2.11. The van der Waals surface area contributed by atoms with Crippen molar-refractivity contribution in [2.45, 2.75) is 18.7 Å². The maximum Gasteiger partial charge on any atom is 0.340 e. The van der Waals surface area contributed by atoms with Gasteiger partial charge in [0.2, 0.25) is 0 Å². The molecule has 1 rings (SSSR count). The zero-order valence-electron chi connectivity index (χ0n) is 8.84. The molecule has 0 saturated carbocycles. The fourth-order valence-electron chi connectivity index (χ4n) is 1.21. The number of carbonyl (C=O) groups is 1. The Labute approximate surface area is 119 Å². The standard InChI is InChI=1S/C10H9BrF2INO2/c1-2-17-10(16)6-4-15-8(9(12)13)5(3-11)7(6)14/h4,9H,2-3H2,1H3. The summed E-state index contributed by atoms with van der Waals surface area (Å²) >= 11 is 4.97. The highest BCUT2D eigenvalue weighted by atomic mass is 127. The van der Waals surface area contributed by atoms with E-state index in [1.54, 1.807) is 6.92 Å². The molecule has 0 aromatic carbocycles. The molecule has 0 amide bonds. The Morgan fingerprint density at radius 2 is 2.29 bits per heavy atom. The quantitative estimate of drug-likeness (QED) is 0.424. The van der Waals surface area contributed by atoms with Crippen LogP contribution in [0.5, 0.6) is 0 Å². The first kappa shape index (κ1) is 14.7. The molecule has 0 aliphatic heterocycles. The molecule has 1 aromatic heterocycles. The molecule has 1 aromatic rings. The maximum absolute atomic E-state index is 12.7. The predicted octanol–water partition coefficient (Wildman–Crippen LogP) is 3.70. The largest absolute Gasteiger partial charge is 0.462 e. The van der Waals surface area contributed by atoms with E-state index in [1.807, 2.05) is 22.6 Å². The van der Waals surface area contributed by atoms with Gasteiger partial charge in [0.25, 0.3) is 6.43 Å². The maximum atomic E-state index is 12.7. The van der Waals surface area contributed by atoms with Crippen molar-refractivity contribution in [3.05, 3.63) is 26.6 Å². The third kappa shape index (κ3) is 3.34. The van der Waals surface area contributed by atoms with E-state index < -0.39 is 12.4 Å². The SMILES string of the molecule is CCOC(=O)c1cnc(C(F)F)c(CBr)c1I. The molecule has 0 saturated heterocycles. The van der Waals surface area contributed by atoms with E-state index in [9.17, 15) is 13.6 Å². The van der Waals surface area contributed by atoms with Gasteiger partial charge in [0.1, 0.15) is 5.69 Å². The number of carbonyl (C=O) groups excluding carboxylic acids is 1. The van der Waals surface area contributed by atoms with E-state index in [1.165, 1.54) is 0 Å². The van der Waals surface area contributed by atoms with E-state index in [4.69, 9.17) is 4.74 Å². The first-order valence-electron chi connectivity index (χ1n) is 4.71. The zero-order chi connectivity index (χ0) is 13.0. The van der Waals surface area contributed by atoms with Gasteiger partial charge in [-0.3, -0.25) is 4.98 Å². The van der Waals surface area contributed by atoms with Gasteiger partial charge >= 0.3 is 5.97 Å². The van der Waals surface area contributed by atoms with Crippen molar-refractivity contribution < 1.29 is 18.3 Å². The third-order valence-corrected chi connectivity index (χ3v) is 3.77. The summed E-state index contributed by atoms with van der Waals surface area (Å²) in [7, 11) is 0. The summed E-state index contributed by atoms with van der Waals surface area (Å²) in [4.78, 5) is 15.2. The van der Waals surface area contributed by atoms with Crippen LogP contribution in [0.4, 0.5) is 8.78 Å². The number of pyridine rings is 1. The molecule has 1 heterocycles. The van der Waals surface area contributed by atoms with E-state index in [-0.39, 0.29) is 23.2 Å². The lowest BCUT2D eigenvalue weighted by Crippen LogP contribution is -2.11. The number of halogens is 4. The Morgan fingerprint density at radius 3 is 2.76 bits per heavy atom. The van der Waals surface area contributed by atoms with Gasteiger partial charge in [0.15, 0.2) is 0 Å². The summed E-state index contributed by atoms with van der Waals surface area (Å²) in [5, 5.41) is 0.213. The topological polar surface area (TPSA) is 39.2 Å². The second-order valence-corrected chi connectivity index (χ2v) is 4.64. The molecule has 0 radical (unpaired) electrons. The van der Waals surface area contributed by atoms with E-state index in [0.29, 0.717) is 9.13 Å². The molecular formula is C10H9BrF2INO2. The van der Waals surface area contributed by atoms with Crippen LogP contribution >= 0.6 is 38.5 Å². The molecule has 7 heteroatoms. The number of rotatable bonds is 4. The summed E-state index contributed by atoms with van der Waals surface area (Å²) in [5.74, 6) is -0.549. The lowest BCUT2D eigenvalue weighted by molar-refractivity contribution is 0.0523. The van der Waals surface area contributed by atoms with Crippen LogP contribution in [0.25, 0.3) is 0 Å². The van der Waals surface area contributed by atoms with Crippen LogP contribution in [-0.4, -0.2) is 17.6 Å². The van der Waals surface area contributed by atoms with Crippen LogP contribution in [-0.2, 0) is 10.1 Å². The number of nitrogens with zero attached hydrogens (tertiary/aromatic N) is 1. The van der Waals surface area contributed by atoms with Gasteiger partial charge in [-0.2, -0.15) is 0 Å². The summed E-state index contributed by atoms with van der Waals surface area (Å²) in [6, 6.07) is 0. The van der Waals surface area contributed by atoms with Crippen molar-refractivity contribution in [2.24, 2.45) is 0 Å². The highest BCUT2D eigenvalue weighted by molar-refractivity contribution is 14.1. The summed E-state index contributed by atoms with van der Waals surface area (Å²) in [5.41, 5.74) is 0.233. The summed E-state index contributed by atoms with van der Waals surface area (Å²) < 4.78 is 30.6. The predicted molar refractivity (Wildman–Crippen MR) is 70.5 cm³/mol. The Morgan fingerprint density at radius 1 is 1.65 bits per heavy atom. The van der Waals surface area contributed by atoms with Crippen molar-refractivity contribution in [1.82, 2.24) is 4.98 Å². The number of aromatic nitrogens is 1. The molecule has 0 fully saturated rings. The van der Waals surface area contributed by atoms with Crippen molar-refractivity contribution in [3.8, 4) is 0 Å². The van der Waals surface area contributed by atoms with E-state index in [2.05, 4.69) is 20.9 Å². The van der Waals surface area contributed by atoms with Crippen molar-refractivity contribution in [3.63, 3.8) is 0 Å². The lowest BCUT2D eigenvalue weighted by atomic mass is 10.1. The van der Waals surface area contributed by atoms with Crippen LogP contribution < -0.4 is 0 Å². The zero-order valence-corrected chi connectivity index (χ0v) is 12.6. The summed E-state index contributed by atoms with van der Waals surface area (Å²) in [6.45, 7) is 1.91. The molecule has 3 nitrogen and oxygen atoms in total. The average Bonchev–Trinajstić information content (AvgIpc) is 2.28. The molecule has 17 heavy (non-hydrogen) atoms. The molecule has 0 aliphatic carbocycles. The molecule has 0 atom stereocenters. The van der Waals surface area contributed by atoms with Crippen LogP contribution in [0.2, 0.25) is 0 Å². The first-order valence-corrected chi connectivity index (χ1v) is 6.91. The number of ether oxygens (including phenoxy) is 1. The second kappa shape index (κ2) is 6.58.